The molecule has 0 N–H and O–H groups in total. The topological polar surface area (TPSA) is 15.7 Å². The van der Waals surface area contributed by atoms with Gasteiger partial charge < -0.3 is 9.64 Å². The Bertz CT molecular complexity index is 773. The number of ether oxygens (including phenoxy) is 1. The van der Waals surface area contributed by atoms with Crippen molar-refractivity contribution in [2.24, 2.45) is 5.92 Å². The molecule has 1 aliphatic carbocycles. The van der Waals surface area contributed by atoms with Gasteiger partial charge in [0.1, 0.15) is 11.9 Å². The number of nitrogens with zero attached hydrogens (tertiary/aromatic N) is 2. The molecule has 1 aliphatic heterocycles. The number of halogens is 1. The van der Waals surface area contributed by atoms with Gasteiger partial charge in [-0.2, -0.15) is 0 Å². The van der Waals surface area contributed by atoms with Crippen molar-refractivity contribution in [2.45, 2.75) is 38.7 Å². The SMILES string of the molecule is Cc1ccccc1OC1CCCCC1CN1CCN(c2ccccc2Cl)CC1. The predicted molar refractivity (Wildman–Crippen MR) is 118 cm³/mol. The summed E-state index contributed by atoms with van der Waals surface area (Å²) in [5.41, 5.74) is 2.41. The van der Waals surface area contributed by atoms with Crippen molar-refractivity contribution < 1.29 is 4.74 Å². The maximum atomic E-state index is 6.49. The maximum absolute atomic E-state index is 6.49. The average Bonchev–Trinajstić information content (AvgIpc) is 2.72. The summed E-state index contributed by atoms with van der Waals surface area (Å²) < 4.78 is 6.49. The Morgan fingerprint density at radius 1 is 0.929 bits per heavy atom. The smallest absolute Gasteiger partial charge is 0.122 e. The van der Waals surface area contributed by atoms with Crippen LogP contribution in [0.4, 0.5) is 5.69 Å². The number of rotatable bonds is 5. The highest BCUT2D eigenvalue weighted by Gasteiger charge is 2.30. The molecule has 150 valence electrons. The lowest BCUT2D eigenvalue weighted by molar-refractivity contribution is 0.0632. The number of piperazine rings is 1. The van der Waals surface area contributed by atoms with Gasteiger partial charge in [-0.3, -0.25) is 4.90 Å². The zero-order valence-electron chi connectivity index (χ0n) is 16.8. The summed E-state index contributed by atoms with van der Waals surface area (Å²) in [7, 11) is 0. The first kappa shape index (κ1) is 19.6. The highest BCUT2D eigenvalue weighted by molar-refractivity contribution is 6.33. The normalized spacial score (nSPS) is 23.6. The molecule has 0 radical (unpaired) electrons. The van der Waals surface area contributed by atoms with Crippen LogP contribution < -0.4 is 9.64 Å². The van der Waals surface area contributed by atoms with Crippen molar-refractivity contribution in [3.63, 3.8) is 0 Å². The van der Waals surface area contributed by atoms with E-state index in [-0.39, 0.29) is 0 Å². The summed E-state index contributed by atoms with van der Waals surface area (Å²) in [5.74, 6) is 1.68. The molecule has 1 saturated carbocycles. The average molecular weight is 399 g/mol. The molecule has 3 nitrogen and oxygen atoms in total. The van der Waals surface area contributed by atoms with Crippen LogP contribution in [0.1, 0.15) is 31.2 Å². The molecular weight excluding hydrogens is 368 g/mol. The predicted octanol–water partition coefficient (Wildman–Crippen LogP) is 5.41. The molecule has 4 rings (SSSR count). The lowest BCUT2D eigenvalue weighted by atomic mass is 9.85. The molecule has 0 aromatic heterocycles. The van der Waals surface area contributed by atoms with Crippen LogP contribution in [0, 0.1) is 12.8 Å². The van der Waals surface area contributed by atoms with Crippen LogP contribution in [-0.2, 0) is 0 Å². The number of hydrogen-bond acceptors (Lipinski definition) is 3. The van der Waals surface area contributed by atoms with E-state index in [1.807, 2.05) is 12.1 Å². The largest absolute Gasteiger partial charge is 0.490 e. The minimum Gasteiger partial charge on any atom is -0.490 e. The van der Waals surface area contributed by atoms with Crippen molar-refractivity contribution in [1.82, 2.24) is 4.90 Å². The molecule has 2 aromatic carbocycles. The molecule has 0 amide bonds. The molecule has 0 bridgehead atoms. The Hall–Kier alpha value is -1.71. The third-order valence-electron chi connectivity index (χ3n) is 6.27. The lowest BCUT2D eigenvalue weighted by Crippen LogP contribution is -2.49. The molecule has 1 heterocycles. The van der Waals surface area contributed by atoms with E-state index in [0.717, 1.165) is 43.5 Å². The first-order chi connectivity index (χ1) is 13.7. The van der Waals surface area contributed by atoms with Crippen LogP contribution >= 0.6 is 11.6 Å². The lowest BCUT2D eigenvalue weighted by Gasteiger charge is -2.40. The zero-order valence-corrected chi connectivity index (χ0v) is 17.6. The maximum Gasteiger partial charge on any atom is 0.122 e. The number of benzene rings is 2. The molecule has 1 saturated heterocycles. The highest BCUT2D eigenvalue weighted by Crippen LogP contribution is 2.31. The summed E-state index contributed by atoms with van der Waals surface area (Å²) in [6.07, 6.45) is 5.42. The summed E-state index contributed by atoms with van der Waals surface area (Å²) in [5, 5.41) is 0.856. The van der Waals surface area contributed by atoms with E-state index in [1.54, 1.807) is 0 Å². The Balaban J connectivity index is 1.34. The van der Waals surface area contributed by atoms with E-state index in [2.05, 4.69) is 53.1 Å². The van der Waals surface area contributed by atoms with Gasteiger partial charge in [0.2, 0.25) is 0 Å². The molecule has 2 aliphatic rings. The van der Waals surface area contributed by atoms with Crippen molar-refractivity contribution in [1.29, 1.82) is 0 Å². The van der Waals surface area contributed by atoms with E-state index < -0.39 is 0 Å². The molecule has 0 spiro atoms. The van der Waals surface area contributed by atoms with Crippen LogP contribution in [-0.4, -0.2) is 43.7 Å². The van der Waals surface area contributed by atoms with Crippen LogP contribution in [0.25, 0.3) is 0 Å². The van der Waals surface area contributed by atoms with E-state index in [9.17, 15) is 0 Å². The van der Waals surface area contributed by atoms with Crippen molar-refractivity contribution >= 4 is 17.3 Å². The summed E-state index contributed by atoms with van der Waals surface area (Å²) in [6, 6.07) is 16.6. The third kappa shape index (κ3) is 4.64. The van der Waals surface area contributed by atoms with Crippen molar-refractivity contribution in [3.8, 4) is 5.75 Å². The standard InChI is InChI=1S/C24H31ClN2O/c1-19-8-2-6-12-23(19)28-24-13-7-3-9-20(24)18-26-14-16-27(17-15-26)22-11-5-4-10-21(22)25/h2,4-6,8,10-12,20,24H,3,7,9,13-18H2,1H3. The van der Waals surface area contributed by atoms with Crippen LogP contribution in [0.3, 0.4) is 0 Å². The van der Waals surface area contributed by atoms with E-state index in [1.165, 1.54) is 36.9 Å². The fourth-order valence-corrected chi connectivity index (χ4v) is 4.86. The second kappa shape index (κ2) is 9.19. The van der Waals surface area contributed by atoms with Gasteiger partial charge in [0.05, 0.1) is 10.7 Å². The molecule has 4 heteroatoms. The van der Waals surface area contributed by atoms with Gasteiger partial charge in [-0.1, -0.05) is 48.4 Å². The molecule has 2 aromatic rings. The van der Waals surface area contributed by atoms with Gasteiger partial charge in [0.15, 0.2) is 0 Å². The second-order valence-corrected chi connectivity index (χ2v) is 8.61. The second-order valence-electron chi connectivity index (χ2n) is 8.21. The van der Waals surface area contributed by atoms with Gasteiger partial charge in [-0.25, -0.2) is 0 Å². The summed E-state index contributed by atoms with van der Waals surface area (Å²) in [4.78, 5) is 5.04. The van der Waals surface area contributed by atoms with Crippen LogP contribution in [0.5, 0.6) is 5.75 Å². The molecule has 2 unspecified atom stereocenters. The first-order valence-corrected chi connectivity index (χ1v) is 11.0. The van der Waals surface area contributed by atoms with Crippen LogP contribution in [0.15, 0.2) is 48.5 Å². The minimum absolute atomic E-state index is 0.344. The fourth-order valence-electron chi connectivity index (χ4n) is 4.60. The Kier molecular flexibility index (Phi) is 6.43. The van der Waals surface area contributed by atoms with E-state index in [0.29, 0.717) is 12.0 Å². The number of anilines is 1. The fraction of sp³-hybridized carbons (Fsp3) is 0.500. The Morgan fingerprint density at radius 3 is 2.43 bits per heavy atom. The number of hydrogen-bond donors (Lipinski definition) is 0. The monoisotopic (exact) mass is 398 g/mol. The van der Waals surface area contributed by atoms with Gasteiger partial charge in [0.25, 0.3) is 0 Å². The van der Waals surface area contributed by atoms with Crippen LogP contribution in [0.2, 0.25) is 5.02 Å². The molecule has 2 atom stereocenters. The molecule has 2 fully saturated rings. The number of aryl methyl sites for hydroxylation is 1. The summed E-state index contributed by atoms with van der Waals surface area (Å²) >= 11 is 6.39. The highest BCUT2D eigenvalue weighted by atomic mass is 35.5. The third-order valence-corrected chi connectivity index (χ3v) is 6.59. The van der Waals surface area contributed by atoms with Gasteiger partial charge in [-0.15, -0.1) is 0 Å². The Morgan fingerprint density at radius 2 is 1.64 bits per heavy atom. The van der Waals surface area contributed by atoms with Gasteiger partial charge >= 0.3 is 0 Å². The Labute approximate surface area is 174 Å². The first-order valence-electron chi connectivity index (χ1n) is 10.6. The quantitative estimate of drug-likeness (QED) is 0.669. The van der Waals surface area contributed by atoms with Gasteiger partial charge in [0, 0.05) is 38.6 Å². The molecular formula is C24H31ClN2O. The van der Waals surface area contributed by atoms with E-state index in [4.69, 9.17) is 16.3 Å². The number of para-hydroxylation sites is 2. The van der Waals surface area contributed by atoms with Gasteiger partial charge in [-0.05, 0) is 49.9 Å². The zero-order chi connectivity index (χ0) is 19.3. The summed E-state index contributed by atoms with van der Waals surface area (Å²) in [6.45, 7) is 7.56. The van der Waals surface area contributed by atoms with Crippen molar-refractivity contribution in [3.05, 3.63) is 59.1 Å². The molecule has 28 heavy (non-hydrogen) atoms. The van der Waals surface area contributed by atoms with E-state index >= 15 is 0 Å². The minimum atomic E-state index is 0.344. The van der Waals surface area contributed by atoms with Crippen molar-refractivity contribution in [2.75, 3.05) is 37.6 Å².